The predicted octanol–water partition coefficient (Wildman–Crippen LogP) is 0.998. The first-order valence-corrected chi connectivity index (χ1v) is 7.96. The van der Waals surface area contributed by atoms with Gasteiger partial charge in [0.15, 0.2) is 11.6 Å². The van der Waals surface area contributed by atoms with Crippen LogP contribution in [0.2, 0.25) is 0 Å². The third-order valence-corrected chi connectivity index (χ3v) is 4.71. The Morgan fingerprint density at radius 2 is 2.14 bits per heavy atom. The van der Waals surface area contributed by atoms with Gasteiger partial charge in [-0.2, -0.15) is 5.10 Å². The molecule has 8 heteroatoms. The fourth-order valence-corrected chi connectivity index (χ4v) is 3.89. The third-order valence-electron chi connectivity index (χ3n) is 3.64. The average molecular weight is 320 g/mol. The summed E-state index contributed by atoms with van der Waals surface area (Å²) in [4.78, 5) is 27.4. The van der Waals surface area contributed by atoms with Gasteiger partial charge in [-0.05, 0) is 42.2 Å². The second-order valence-electron chi connectivity index (χ2n) is 5.32. The Morgan fingerprint density at radius 3 is 2.86 bits per heavy atom. The molecular formula is C14H16N4O3S. The molecule has 7 nitrogen and oxygen atoms in total. The van der Waals surface area contributed by atoms with Crippen molar-refractivity contribution in [2.24, 2.45) is 5.73 Å². The summed E-state index contributed by atoms with van der Waals surface area (Å²) in [6, 6.07) is 0. The van der Waals surface area contributed by atoms with E-state index >= 15 is 0 Å². The molecule has 0 saturated heterocycles. The van der Waals surface area contributed by atoms with Crippen molar-refractivity contribution in [1.82, 2.24) is 14.8 Å². The molecule has 0 radical (unpaired) electrons. The summed E-state index contributed by atoms with van der Waals surface area (Å²) in [5.74, 6) is -0.747. The maximum absolute atomic E-state index is 11.0. The molecule has 0 aromatic carbocycles. The zero-order valence-corrected chi connectivity index (χ0v) is 12.7. The van der Waals surface area contributed by atoms with E-state index in [1.807, 2.05) is 0 Å². The van der Waals surface area contributed by atoms with Crippen molar-refractivity contribution in [1.29, 1.82) is 0 Å². The van der Waals surface area contributed by atoms with Gasteiger partial charge < -0.3 is 10.8 Å². The Balaban J connectivity index is 2.04. The first-order valence-electron chi connectivity index (χ1n) is 7.08. The van der Waals surface area contributed by atoms with Crippen molar-refractivity contribution in [3.05, 3.63) is 22.3 Å². The Hall–Kier alpha value is -2.22. The summed E-state index contributed by atoms with van der Waals surface area (Å²) in [6.07, 6.45) is 4.23. The van der Waals surface area contributed by atoms with Crippen LogP contribution in [0, 0.1) is 0 Å². The number of nitrogens with zero attached hydrogens (tertiary/aromatic N) is 3. The van der Waals surface area contributed by atoms with Crippen molar-refractivity contribution in [3.63, 3.8) is 0 Å². The molecule has 2 aromatic heterocycles. The number of carboxylic acids is 1. The minimum absolute atomic E-state index is 0.0901. The lowest BCUT2D eigenvalue weighted by atomic mass is 9.94. The smallest absolute Gasteiger partial charge is 0.325 e. The molecule has 0 bridgehead atoms. The number of thiophene rings is 1. The van der Waals surface area contributed by atoms with E-state index in [1.54, 1.807) is 11.3 Å². The van der Waals surface area contributed by atoms with E-state index in [-0.39, 0.29) is 18.8 Å². The van der Waals surface area contributed by atoms with Gasteiger partial charge in [-0.15, -0.1) is 11.3 Å². The van der Waals surface area contributed by atoms with Gasteiger partial charge in [-0.1, -0.05) is 0 Å². The maximum Gasteiger partial charge on any atom is 0.325 e. The number of aliphatic carboxylic acids is 1. The number of rotatable bonds is 5. The normalized spacial score (nSPS) is 13.8. The molecule has 116 valence electrons. The lowest BCUT2D eigenvalue weighted by Gasteiger charge is -2.12. The van der Waals surface area contributed by atoms with Crippen LogP contribution in [0.3, 0.4) is 0 Å². The monoisotopic (exact) mass is 320 g/mol. The second kappa shape index (κ2) is 5.88. The SMILES string of the molecule is NC(=O)Cc1nc(-c2scc3c2CCCC3)n(CC(=O)O)n1. The molecule has 2 aromatic rings. The number of amides is 1. The summed E-state index contributed by atoms with van der Waals surface area (Å²) in [5.41, 5.74) is 7.72. The zero-order valence-electron chi connectivity index (χ0n) is 11.9. The summed E-state index contributed by atoms with van der Waals surface area (Å²) in [7, 11) is 0. The number of fused-ring (bicyclic) bond motifs is 1. The molecule has 0 aliphatic heterocycles. The molecule has 1 aliphatic rings. The number of carbonyl (C=O) groups excluding carboxylic acids is 1. The van der Waals surface area contributed by atoms with Crippen molar-refractivity contribution in [2.45, 2.75) is 38.6 Å². The van der Waals surface area contributed by atoms with Crippen LogP contribution in [0.1, 0.15) is 29.8 Å². The van der Waals surface area contributed by atoms with Gasteiger partial charge in [0.25, 0.3) is 0 Å². The molecule has 1 amide bonds. The number of carbonyl (C=O) groups is 2. The van der Waals surface area contributed by atoms with E-state index in [1.165, 1.54) is 22.2 Å². The van der Waals surface area contributed by atoms with Crippen LogP contribution < -0.4 is 5.73 Å². The summed E-state index contributed by atoms with van der Waals surface area (Å²) < 4.78 is 1.35. The summed E-state index contributed by atoms with van der Waals surface area (Å²) >= 11 is 1.56. The molecule has 0 fully saturated rings. The van der Waals surface area contributed by atoms with E-state index in [0.717, 1.165) is 24.1 Å². The molecule has 0 spiro atoms. The highest BCUT2D eigenvalue weighted by Crippen LogP contribution is 2.36. The molecule has 2 heterocycles. The van der Waals surface area contributed by atoms with Gasteiger partial charge >= 0.3 is 5.97 Å². The highest BCUT2D eigenvalue weighted by atomic mass is 32.1. The lowest BCUT2D eigenvalue weighted by molar-refractivity contribution is -0.137. The molecule has 1 aliphatic carbocycles. The number of nitrogens with two attached hydrogens (primary N) is 1. The lowest BCUT2D eigenvalue weighted by Crippen LogP contribution is -2.15. The second-order valence-corrected chi connectivity index (χ2v) is 6.20. The molecule has 22 heavy (non-hydrogen) atoms. The predicted molar refractivity (Wildman–Crippen MR) is 80.5 cm³/mol. The number of primary amides is 1. The molecular weight excluding hydrogens is 304 g/mol. The molecule has 0 atom stereocenters. The molecule has 0 unspecified atom stereocenters. The van der Waals surface area contributed by atoms with E-state index in [0.29, 0.717) is 5.82 Å². The van der Waals surface area contributed by atoms with E-state index < -0.39 is 11.9 Å². The Morgan fingerprint density at radius 1 is 1.36 bits per heavy atom. The van der Waals surface area contributed by atoms with Gasteiger partial charge in [0.05, 0.1) is 11.3 Å². The number of hydrogen-bond donors (Lipinski definition) is 2. The average Bonchev–Trinajstić information content (AvgIpc) is 3.01. The number of carboxylic acid groups (broad SMARTS) is 1. The van der Waals surface area contributed by atoms with Gasteiger partial charge in [-0.25, -0.2) is 9.67 Å². The number of hydrogen-bond acceptors (Lipinski definition) is 5. The van der Waals surface area contributed by atoms with Crippen LogP contribution in [-0.2, 0) is 35.4 Å². The zero-order chi connectivity index (χ0) is 15.7. The minimum atomic E-state index is -0.998. The largest absolute Gasteiger partial charge is 0.480 e. The molecule has 3 rings (SSSR count). The van der Waals surface area contributed by atoms with Crippen LogP contribution in [0.5, 0.6) is 0 Å². The number of aryl methyl sites for hydroxylation is 1. The first kappa shape index (κ1) is 14.7. The van der Waals surface area contributed by atoms with Crippen LogP contribution in [-0.4, -0.2) is 31.7 Å². The van der Waals surface area contributed by atoms with Gasteiger partial charge in [0, 0.05) is 0 Å². The van der Waals surface area contributed by atoms with Crippen molar-refractivity contribution >= 4 is 23.2 Å². The van der Waals surface area contributed by atoms with Crippen LogP contribution in [0.15, 0.2) is 5.38 Å². The van der Waals surface area contributed by atoms with Gasteiger partial charge in [-0.3, -0.25) is 9.59 Å². The highest BCUT2D eigenvalue weighted by molar-refractivity contribution is 7.13. The Kier molecular flexibility index (Phi) is 3.93. The van der Waals surface area contributed by atoms with E-state index in [9.17, 15) is 9.59 Å². The molecule has 0 saturated carbocycles. The van der Waals surface area contributed by atoms with Crippen molar-refractivity contribution in [2.75, 3.05) is 0 Å². The maximum atomic E-state index is 11.0. The highest BCUT2D eigenvalue weighted by Gasteiger charge is 2.22. The fourth-order valence-electron chi connectivity index (χ4n) is 2.73. The first-order chi connectivity index (χ1) is 10.5. The van der Waals surface area contributed by atoms with Crippen molar-refractivity contribution < 1.29 is 14.7 Å². The molecule has 3 N–H and O–H groups in total. The Bertz CT molecular complexity index is 735. The third kappa shape index (κ3) is 2.87. The van der Waals surface area contributed by atoms with E-state index in [4.69, 9.17) is 10.8 Å². The van der Waals surface area contributed by atoms with Crippen LogP contribution in [0.4, 0.5) is 0 Å². The standard InChI is InChI=1S/C14H16N4O3S/c15-10(19)5-11-16-14(18(17-11)6-12(20)21)13-9-4-2-1-3-8(9)7-22-13/h7H,1-6H2,(H2,15,19)(H,20,21). The van der Waals surface area contributed by atoms with Gasteiger partial charge in [0.2, 0.25) is 5.91 Å². The Labute approximate surface area is 130 Å². The number of aromatic nitrogens is 3. The quantitative estimate of drug-likeness (QED) is 0.853. The summed E-state index contributed by atoms with van der Waals surface area (Å²) in [6.45, 7) is -0.284. The summed E-state index contributed by atoms with van der Waals surface area (Å²) in [5, 5.41) is 15.3. The van der Waals surface area contributed by atoms with Gasteiger partial charge in [0.1, 0.15) is 6.54 Å². The van der Waals surface area contributed by atoms with E-state index in [2.05, 4.69) is 15.5 Å². The topological polar surface area (TPSA) is 111 Å². The van der Waals surface area contributed by atoms with Crippen molar-refractivity contribution in [3.8, 4) is 10.7 Å². The minimum Gasteiger partial charge on any atom is -0.480 e. The fraction of sp³-hybridized carbons (Fsp3) is 0.429. The van der Waals surface area contributed by atoms with Crippen LogP contribution in [0.25, 0.3) is 10.7 Å². The van der Waals surface area contributed by atoms with Crippen LogP contribution >= 0.6 is 11.3 Å².